The SMILES string of the molecule is CCCCCCCOc1ccc(C(=O)Oc2ccc(-c3ccccc3)cc2Br)cc1. The number of hydrogen-bond donors (Lipinski definition) is 0. The maximum absolute atomic E-state index is 12.5. The van der Waals surface area contributed by atoms with Crippen molar-refractivity contribution >= 4 is 21.9 Å². The van der Waals surface area contributed by atoms with E-state index in [0.29, 0.717) is 17.9 Å². The molecule has 0 N–H and O–H groups in total. The molecule has 0 radical (unpaired) electrons. The molecule has 3 rings (SSSR count). The fourth-order valence-corrected chi connectivity index (χ4v) is 3.60. The first-order chi connectivity index (χ1) is 14.7. The Morgan fingerprint density at radius 2 is 1.57 bits per heavy atom. The molecule has 3 nitrogen and oxygen atoms in total. The van der Waals surface area contributed by atoms with Crippen molar-refractivity contribution in [3.8, 4) is 22.6 Å². The minimum absolute atomic E-state index is 0.394. The first kappa shape index (κ1) is 22.1. The van der Waals surface area contributed by atoms with Crippen LogP contribution in [0.1, 0.15) is 49.4 Å². The van der Waals surface area contributed by atoms with Crippen molar-refractivity contribution in [3.05, 3.63) is 82.8 Å². The number of benzene rings is 3. The Morgan fingerprint density at radius 3 is 2.27 bits per heavy atom. The van der Waals surface area contributed by atoms with Gasteiger partial charge in [-0.1, -0.05) is 69.0 Å². The number of hydrogen-bond acceptors (Lipinski definition) is 3. The Balaban J connectivity index is 1.54. The summed E-state index contributed by atoms with van der Waals surface area (Å²) in [7, 11) is 0. The van der Waals surface area contributed by atoms with Crippen LogP contribution in [0.15, 0.2) is 77.3 Å². The molecule has 3 aromatic carbocycles. The quantitative estimate of drug-likeness (QED) is 0.174. The lowest BCUT2D eigenvalue weighted by Gasteiger charge is -2.10. The van der Waals surface area contributed by atoms with Gasteiger partial charge in [0, 0.05) is 0 Å². The van der Waals surface area contributed by atoms with Crippen molar-refractivity contribution in [3.63, 3.8) is 0 Å². The number of carbonyl (C=O) groups is 1. The molecule has 0 saturated carbocycles. The molecule has 0 heterocycles. The standard InChI is InChI=1S/C26H27BrO3/c1-2-3-4-5-9-18-29-23-15-12-21(13-16-23)26(28)30-25-17-14-22(19-24(25)27)20-10-7-6-8-11-20/h6-8,10-17,19H,2-5,9,18H2,1H3. The van der Waals surface area contributed by atoms with Crippen LogP contribution in [-0.4, -0.2) is 12.6 Å². The molecule has 0 aliphatic carbocycles. The van der Waals surface area contributed by atoms with Gasteiger partial charge in [-0.25, -0.2) is 4.79 Å². The van der Waals surface area contributed by atoms with Crippen molar-refractivity contribution in [1.82, 2.24) is 0 Å². The maximum atomic E-state index is 12.5. The zero-order chi connectivity index (χ0) is 21.2. The van der Waals surface area contributed by atoms with Crippen molar-refractivity contribution in [2.24, 2.45) is 0 Å². The normalized spacial score (nSPS) is 10.6. The topological polar surface area (TPSA) is 35.5 Å². The molecular formula is C26H27BrO3. The van der Waals surface area contributed by atoms with Gasteiger partial charge in [0.25, 0.3) is 0 Å². The monoisotopic (exact) mass is 466 g/mol. The van der Waals surface area contributed by atoms with Crippen LogP contribution in [0, 0.1) is 0 Å². The van der Waals surface area contributed by atoms with Crippen LogP contribution in [0.5, 0.6) is 11.5 Å². The second kappa shape index (κ2) is 11.6. The van der Waals surface area contributed by atoms with Gasteiger partial charge >= 0.3 is 5.97 Å². The smallest absolute Gasteiger partial charge is 0.343 e. The molecular weight excluding hydrogens is 440 g/mol. The highest BCUT2D eigenvalue weighted by atomic mass is 79.9. The number of halogens is 1. The lowest BCUT2D eigenvalue weighted by Crippen LogP contribution is -2.09. The van der Waals surface area contributed by atoms with E-state index in [-0.39, 0.29) is 0 Å². The van der Waals surface area contributed by atoms with Crippen LogP contribution in [0.25, 0.3) is 11.1 Å². The van der Waals surface area contributed by atoms with Crippen LogP contribution < -0.4 is 9.47 Å². The highest BCUT2D eigenvalue weighted by Crippen LogP contribution is 2.31. The summed E-state index contributed by atoms with van der Waals surface area (Å²) < 4.78 is 12.1. The third-order valence-electron chi connectivity index (χ3n) is 4.85. The summed E-state index contributed by atoms with van der Waals surface area (Å²) in [6.45, 7) is 2.91. The summed E-state index contributed by atoms with van der Waals surface area (Å²) >= 11 is 3.51. The Labute approximate surface area is 187 Å². The lowest BCUT2D eigenvalue weighted by molar-refractivity contribution is 0.0733. The summed E-state index contributed by atoms with van der Waals surface area (Å²) in [5.74, 6) is 0.872. The minimum Gasteiger partial charge on any atom is -0.494 e. The molecule has 0 unspecified atom stereocenters. The Bertz CT molecular complexity index is 936. The van der Waals surface area contributed by atoms with Crippen molar-refractivity contribution in [2.45, 2.75) is 39.0 Å². The highest BCUT2D eigenvalue weighted by Gasteiger charge is 2.12. The summed E-state index contributed by atoms with van der Waals surface area (Å²) in [5, 5.41) is 0. The third kappa shape index (κ3) is 6.46. The molecule has 0 fully saturated rings. The van der Waals surface area contributed by atoms with Gasteiger partial charge in [-0.05, 0) is 69.9 Å². The molecule has 0 bridgehead atoms. The van der Waals surface area contributed by atoms with Gasteiger partial charge in [0.15, 0.2) is 0 Å². The highest BCUT2D eigenvalue weighted by molar-refractivity contribution is 9.10. The molecule has 0 amide bonds. The number of esters is 1. The number of unbranched alkanes of at least 4 members (excludes halogenated alkanes) is 4. The van der Waals surface area contributed by atoms with Crippen LogP contribution in [0.4, 0.5) is 0 Å². The Kier molecular flexibility index (Phi) is 8.52. The van der Waals surface area contributed by atoms with Crippen LogP contribution in [0.3, 0.4) is 0 Å². The van der Waals surface area contributed by atoms with Gasteiger partial charge in [0.05, 0.1) is 16.6 Å². The molecule has 0 atom stereocenters. The van der Waals surface area contributed by atoms with Crippen molar-refractivity contribution in [1.29, 1.82) is 0 Å². The number of rotatable bonds is 10. The molecule has 0 saturated heterocycles. The molecule has 4 heteroatoms. The number of ether oxygens (including phenoxy) is 2. The first-order valence-corrected chi connectivity index (χ1v) is 11.3. The average molecular weight is 467 g/mol. The summed E-state index contributed by atoms with van der Waals surface area (Å²) in [6.07, 6.45) is 6.02. The van der Waals surface area contributed by atoms with Crippen LogP contribution in [0.2, 0.25) is 0 Å². The average Bonchev–Trinajstić information content (AvgIpc) is 2.78. The van der Waals surface area contributed by atoms with Crippen molar-refractivity contribution in [2.75, 3.05) is 6.61 Å². The zero-order valence-corrected chi connectivity index (χ0v) is 18.9. The van der Waals surface area contributed by atoms with Gasteiger partial charge in [-0.3, -0.25) is 0 Å². The van der Waals surface area contributed by atoms with E-state index in [2.05, 4.69) is 22.9 Å². The third-order valence-corrected chi connectivity index (χ3v) is 5.47. The molecule has 0 spiro atoms. The fraction of sp³-hybridized carbons (Fsp3) is 0.269. The molecule has 0 aromatic heterocycles. The Hall–Kier alpha value is -2.59. The predicted molar refractivity (Wildman–Crippen MR) is 125 cm³/mol. The second-order valence-corrected chi connectivity index (χ2v) is 8.04. The molecule has 3 aromatic rings. The zero-order valence-electron chi connectivity index (χ0n) is 17.3. The molecule has 0 aliphatic rings. The van der Waals surface area contributed by atoms with E-state index in [4.69, 9.17) is 9.47 Å². The van der Waals surface area contributed by atoms with Gasteiger partial charge in [0.2, 0.25) is 0 Å². The van der Waals surface area contributed by atoms with E-state index in [1.807, 2.05) is 54.6 Å². The summed E-state index contributed by atoms with van der Waals surface area (Å²) in [4.78, 5) is 12.5. The molecule has 0 aliphatic heterocycles. The Morgan fingerprint density at radius 1 is 0.833 bits per heavy atom. The van der Waals surface area contributed by atoms with Crippen LogP contribution in [-0.2, 0) is 0 Å². The van der Waals surface area contributed by atoms with E-state index in [1.54, 1.807) is 18.2 Å². The minimum atomic E-state index is -0.394. The largest absolute Gasteiger partial charge is 0.494 e. The van der Waals surface area contributed by atoms with Crippen molar-refractivity contribution < 1.29 is 14.3 Å². The molecule has 30 heavy (non-hydrogen) atoms. The van der Waals surface area contributed by atoms with E-state index in [1.165, 1.54) is 25.7 Å². The summed E-state index contributed by atoms with van der Waals surface area (Å²) in [6, 6.07) is 22.9. The predicted octanol–water partition coefficient (Wildman–Crippen LogP) is 7.68. The first-order valence-electron chi connectivity index (χ1n) is 10.5. The van der Waals surface area contributed by atoms with Gasteiger partial charge < -0.3 is 9.47 Å². The maximum Gasteiger partial charge on any atom is 0.343 e. The van der Waals surface area contributed by atoms with Crippen LogP contribution >= 0.6 is 15.9 Å². The van der Waals surface area contributed by atoms with E-state index in [9.17, 15) is 4.79 Å². The van der Waals surface area contributed by atoms with E-state index < -0.39 is 5.97 Å². The second-order valence-electron chi connectivity index (χ2n) is 7.19. The van der Waals surface area contributed by atoms with E-state index in [0.717, 1.165) is 27.8 Å². The lowest BCUT2D eigenvalue weighted by atomic mass is 10.1. The molecule has 156 valence electrons. The van der Waals surface area contributed by atoms with Gasteiger partial charge in [-0.15, -0.1) is 0 Å². The van der Waals surface area contributed by atoms with Gasteiger partial charge in [-0.2, -0.15) is 0 Å². The number of carbonyl (C=O) groups excluding carboxylic acids is 1. The summed E-state index contributed by atoms with van der Waals surface area (Å²) in [5.41, 5.74) is 2.65. The fourth-order valence-electron chi connectivity index (χ4n) is 3.14. The van der Waals surface area contributed by atoms with Gasteiger partial charge in [0.1, 0.15) is 11.5 Å². The van der Waals surface area contributed by atoms with E-state index >= 15 is 0 Å².